The fourth-order valence-corrected chi connectivity index (χ4v) is 3.48. The summed E-state index contributed by atoms with van der Waals surface area (Å²) >= 11 is 0. The van der Waals surface area contributed by atoms with E-state index >= 15 is 0 Å². The third-order valence-electron chi connectivity index (χ3n) is 4.86. The molecule has 0 radical (unpaired) electrons. The molecule has 0 aliphatic carbocycles. The van der Waals surface area contributed by atoms with E-state index in [2.05, 4.69) is 6.92 Å². The molecule has 1 saturated heterocycles. The van der Waals surface area contributed by atoms with Crippen molar-refractivity contribution in [2.75, 3.05) is 5.73 Å². The molecule has 1 fully saturated rings. The molecule has 1 aliphatic heterocycles. The summed E-state index contributed by atoms with van der Waals surface area (Å²) in [5, 5.41) is 0. The van der Waals surface area contributed by atoms with E-state index in [-0.39, 0.29) is 23.8 Å². The maximum atomic E-state index is 13.0. The van der Waals surface area contributed by atoms with Gasteiger partial charge >= 0.3 is 0 Å². The summed E-state index contributed by atoms with van der Waals surface area (Å²) in [6.45, 7) is 2.10. The lowest BCUT2D eigenvalue weighted by atomic mass is 10.0. The molecule has 126 valence electrons. The van der Waals surface area contributed by atoms with Gasteiger partial charge in [-0.2, -0.15) is 0 Å². The molecule has 1 heterocycles. The summed E-state index contributed by atoms with van der Waals surface area (Å²) in [5.74, 6) is -0.141. The van der Waals surface area contributed by atoms with Crippen molar-refractivity contribution in [1.29, 1.82) is 0 Å². The highest BCUT2D eigenvalue weighted by molar-refractivity contribution is 5.95. The standard InChI is InChI=1S/C20H23FN2O/c1-14-2-12-19(13-5-15-3-8-17(21)9-4-15)23(14)20(24)16-6-10-18(22)11-7-16/h3-4,6-11,14,19H,2,5,12-13,22H2,1H3/t14-,19-/m1/s1. The molecular formula is C20H23FN2O. The number of hydrogen-bond acceptors (Lipinski definition) is 2. The average Bonchev–Trinajstić information content (AvgIpc) is 2.95. The molecule has 2 atom stereocenters. The number of anilines is 1. The second-order valence-corrected chi connectivity index (χ2v) is 6.58. The second-order valence-electron chi connectivity index (χ2n) is 6.58. The van der Waals surface area contributed by atoms with Gasteiger partial charge in [0.15, 0.2) is 0 Å². The first-order valence-electron chi connectivity index (χ1n) is 8.47. The van der Waals surface area contributed by atoms with Crippen LogP contribution >= 0.6 is 0 Å². The quantitative estimate of drug-likeness (QED) is 0.862. The Morgan fingerprint density at radius 3 is 2.46 bits per heavy atom. The first-order valence-corrected chi connectivity index (χ1v) is 8.47. The lowest BCUT2D eigenvalue weighted by Gasteiger charge is -2.29. The van der Waals surface area contributed by atoms with Crippen molar-refractivity contribution in [2.24, 2.45) is 0 Å². The van der Waals surface area contributed by atoms with Crippen molar-refractivity contribution in [2.45, 2.75) is 44.7 Å². The van der Waals surface area contributed by atoms with Gasteiger partial charge < -0.3 is 10.6 Å². The van der Waals surface area contributed by atoms with E-state index in [0.717, 1.165) is 31.2 Å². The number of hydrogen-bond donors (Lipinski definition) is 1. The molecule has 24 heavy (non-hydrogen) atoms. The molecule has 2 aromatic carbocycles. The van der Waals surface area contributed by atoms with Crippen LogP contribution in [0.25, 0.3) is 0 Å². The lowest BCUT2D eigenvalue weighted by Crippen LogP contribution is -2.40. The molecule has 0 bridgehead atoms. The number of amides is 1. The first kappa shape index (κ1) is 16.5. The summed E-state index contributed by atoms with van der Waals surface area (Å²) in [7, 11) is 0. The van der Waals surface area contributed by atoms with Gasteiger partial charge in [-0.05, 0) is 74.6 Å². The maximum absolute atomic E-state index is 13.0. The molecule has 4 heteroatoms. The highest BCUT2D eigenvalue weighted by atomic mass is 19.1. The normalized spacial score (nSPS) is 20.3. The van der Waals surface area contributed by atoms with Gasteiger partial charge in [-0.3, -0.25) is 4.79 Å². The zero-order valence-electron chi connectivity index (χ0n) is 13.9. The Bertz CT molecular complexity index is 697. The molecule has 3 rings (SSSR count). The van der Waals surface area contributed by atoms with Crippen molar-refractivity contribution in [1.82, 2.24) is 4.90 Å². The Morgan fingerprint density at radius 2 is 1.79 bits per heavy atom. The number of likely N-dealkylation sites (tertiary alicyclic amines) is 1. The van der Waals surface area contributed by atoms with Crippen LogP contribution in [-0.2, 0) is 6.42 Å². The molecule has 0 saturated carbocycles. The van der Waals surface area contributed by atoms with Crippen molar-refractivity contribution in [3.05, 3.63) is 65.5 Å². The van der Waals surface area contributed by atoms with Crippen LogP contribution in [0.5, 0.6) is 0 Å². The number of nitrogens with two attached hydrogens (primary N) is 1. The van der Waals surface area contributed by atoms with Crippen LogP contribution in [0.2, 0.25) is 0 Å². The number of benzene rings is 2. The third-order valence-corrected chi connectivity index (χ3v) is 4.86. The fourth-order valence-electron chi connectivity index (χ4n) is 3.48. The first-order chi connectivity index (χ1) is 11.5. The molecule has 1 amide bonds. The third kappa shape index (κ3) is 3.58. The van der Waals surface area contributed by atoms with E-state index in [4.69, 9.17) is 5.73 Å². The van der Waals surface area contributed by atoms with Crippen LogP contribution in [0.4, 0.5) is 10.1 Å². The monoisotopic (exact) mass is 326 g/mol. The highest BCUT2D eigenvalue weighted by Gasteiger charge is 2.34. The summed E-state index contributed by atoms with van der Waals surface area (Å²) in [5.41, 5.74) is 8.16. The number of rotatable bonds is 4. The molecule has 2 N–H and O–H groups in total. The second kappa shape index (κ2) is 7.04. The fraction of sp³-hybridized carbons (Fsp3) is 0.350. The van der Waals surface area contributed by atoms with Crippen molar-refractivity contribution in [3.8, 4) is 0 Å². The Labute approximate surface area is 142 Å². The number of halogens is 1. The SMILES string of the molecule is C[C@@H]1CC[C@H](CCc2ccc(F)cc2)N1C(=O)c1ccc(N)cc1. The van der Waals surface area contributed by atoms with Gasteiger partial charge in [0, 0.05) is 23.3 Å². The van der Waals surface area contributed by atoms with Crippen LogP contribution < -0.4 is 5.73 Å². The van der Waals surface area contributed by atoms with Gasteiger partial charge in [-0.25, -0.2) is 4.39 Å². The molecule has 3 nitrogen and oxygen atoms in total. The van der Waals surface area contributed by atoms with E-state index < -0.39 is 0 Å². The van der Waals surface area contributed by atoms with Crippen LogP contribution in [0.15, 0.2) is 48.5 Å². The minimum absolute atomic E-state index is 0.0732. The minimum atomic E-state index is -0.214. The van der Waals surface area contributed by atoms with Crippen molar-refractivity contribution < 1.29 is 9.18 Å². The van der Waals surface area contributed by atoms with Gasteiger partial charge in [-0.15, -0.1) is 0 Å². The van der Waals surface area contributed by atoms with Crippen LogP contribution in [-0.4, -0.2) is 22.9 Å². The Kier molecular flexibility index (Phi) is 4.84. The topological polar surface area (TPSA) is 46.3 Å². The van der Waals surface area contributed by atoms with E-state index in [9.17, 15) is 9.18 Å². The zero-order valence-corrected chi connectivity index (χ0v) is 13.9. The summed E-state index contributed by atoms with van der Waals surface area (Å²) in [4.78, 5) is 14.9. The van der Waals surface area contributed by atoms with Gasteiger partial charge in [0.2, 0.25) is 0 Å². The smallest absolute Gasteiger partial charge is 0.254 e. The number of aryl methyl sites for hydroxylation is 1. The van der Waals surface area contributed by atoms with Crippen LogP contribution in [0.3, 0.4) is 0 Å². The highest BCUT2D eigenvalue weighted by Crippen LogP contribution is 2.29. The zero-order chi connectivity index (χ0) is 17.1. The van der Waals surface area contributed by atoms with Gasteiger partial charge in [-0.1, -0.05) is 12.1 Å². The molecular weight excluding hydrogens is 303 g/mol. The largest absolute Gasteiger partial charge is 0.399 e. The number of nitrogen functional groups attached to an aromatic ring is 1. The van der Waals surface area contributed by atoms with E-state index in [0.29, 0.717) is 11.3 Å². The molecule has 1 aliphatic rings. The Hall–Kier alpha value is -2.36. The van der Waals surface area contributed by atoms with Gasteiger partial charge in [0.1, 0.15) is 5.82 Å². The molecule has 2 aromatic rings. The average molecular weight is 326 g/mol. The summed E-state index contributed by atoms with van der Waals surface area (Å²) in [6.07, 6.45) is 3.79. The predicted octanol–water partition coefficient (Wildman–Crippen LogP) is 4.03. The molecule has 0 spiro atoms. The maximum Gasteiger partial charge on any atom is 0.254 e. The number of carbonyl (C=O) groups is 1. The van der Waals surface area contributed by atoms with Gasteiger partial charge in [0.25, 0.3) is 5.91 Å². The molecule has 0 aromatic heterocycles. The minimum Gasteiger partial charge on any atom is -0.399 e. The van der Waals surface area contributed by atoms with E-state index in [1.807, 2.05) is 17.0 Å². The van der Waals surface area contributed by atoms with E-state index in [1.165, 1.54) is 12.1 Å². The summed E-state index contributed by atoms with van der Waals surface area (Å²) < 4.78 is 13.0. The number of nitrogens with zero attached hydrogens (tertiary/aromatic N) is 1. The van der Waals surface area contributed by atoms with Crippen molar-refractivity contribution >= 4 is 11.6 Å². The Morgan fingerprint density at radius 1 is 1.12 bits per heavy atom. The summed E-state index contributed by atoms with van der Waals surface area (Å²) in [6, 6.07) is 14.2. The van der Waals surface area contributed by atoms with E-state index in [1.54, 1.807) is 24.3 Å². The van der Waals surface area contributed by atoms with Gasteiger partial charge in [0.05, 0.1) is 0 Å². The lowest BCUT2D eigenvalue weighted by molar-refractivity contribution is 0.0673. The van der Waals surface area contributed by atoms with Crippen molar-refractivity contribution in [3.63, 3.8) is 0 Å². The Balaban J connectivity index is 1.69. The van der Waals surface area contributed by atoms with Crippen LogP contribution in [0.1, 0.15) is 42.1 Å². The van der Waals surface area contributed by atoms with Crippen LogP contribution in [0, 0.1) is 5.82 Å². The number of carbonyl (C=O) groups excluding carboxylic acids is 1. The molecule has 0 unspecified atom stereocenters. The predicted molar refractivity (Wildman–Crippen MR) is 94.2 cm³/mol.